The minimum atomic E-state index is 0.329. The fourth-order valence-electron chi connectivity index (χ4n) is 1.22. The summed E-state index contributed by atoms with van der Waals surface area (Å²) in [5.41, 5.74) is 1.32. The van der Waals surface area contributed by atoms with Crippen LogP contribution in [0.25, 0.3) is 0 Å². The number of benzene rings is 1. The smallest absolute Gasteiger partial charge is 0.0547 e. The van der Waals surface area contributed by atoms with E-state index in [0.717, 1.165) is 13.0 Å². The minimum absolute atomic E-state index is 0.329. The molecule has 0 heterocycles. The van der Waals surface area contributed by atoms with Gasteiger partial charge in [-0.05, 0) is 18.9 Å². The lowest BCUT2D eigenvalue weighted by Gasteiger charge is -2.14. The maximum Gasteiger partial charge on any atom is 0.0547 e. The summed E-state index contributed by atoms with van der Waals surface area (Å²) in [5.74, 6) is 0. The molecule has 1 unspecified atom stereocenters. The Bertz CT molecular complexity index is 233. The van der Waals surface area contributed by atoms with Gasteiger partial charge in [0.15, 0.2) is 0 Å². The number of hydrogen-bond acceptors (Lipinski definition) is 2. The Hall–Kier alpha value is -0.860. The molecule has 0 aliphatic carbocycles. The van der Waals surface area contributed by atoms with E-state index in [1.807, 2.05) is 6.07 Å². The van der Waals surface area contributed by atoms with E-state index in [1.54, 1.807) is 0 Å². The molecule has 0 spiro atoms. The third-order valence-electron chi connectivity index (χ3n) is 2.03. The molecule has 0 saturated carbocycles. The molecule has 0 aromatic heterocycles. The lowest BCUT2D eigenvalue weighted by molar-refractivity contribution is 0.482. The molecular weight excluding hydrogens is 172 g/mol. The molecule has 0 aliphatic heterocycles. The summed E-state index contributed by atoms with van der Waals surface area (Å²) in [7, 11) is 0. The van der Waals surface area contributed by atoms with Crippen molar-refractivity contribution in [2.75, 3.05) is 0 Å². The summed E-state index contributed by atoms with van der Waals surface area (Å²) in [6.45, 7) is 7.22. The van der Waals surface area contributed by atoms with Gasteiger partial charge < -0.3 is 0 Å². The predicted octanol–water partition coefficient (Wildman–Crippen LogP) is 2.28. The highest BCUT2D eigenvalue weighted by atomic mass is 15.1. The number of nitrogens with one attached hydrogen (secondary N) is 2. The van der Waals surface area contributed by atoms with E-state index >= 15 is 0 Å². The summed E-state index contributed by atoms with van der Waals surface area (Å²) < 4.78 is 0. The second kappa shape index (κ2) is 6.57. The minimum Gasteiger partial charge on any atom is -0.298 e. The predicted molar refractivity (Wildman–Crippen MR) is 60.5 cm³/mol. The molecule has 14 heavy (non-hydrogen) atoms. The second-order valence-electron chi connectivity index (χ2n) is 3.37. The molecule has 2 heteroatoms. The van der Waals surface area contributed by atoms with Crippen molar-refractivity contribution in [3.63, 3.8) is 0 Å². The van der Waals surface area contributed by atoms with Crippen LogP contribution in [0.5, 0.6) is 0 Å². The normalized spacial score (nSPS) is 12.7. The molecule has 0 amide bonds. The van der Waals surface area contributed by atoms with E-state index in [0.29, 0.717) is 6.17 Å². The number of rotatable bonds is 6. The largest absolute Gasteiger partial charge is 0.298 e. The highest BCUT2D eigenvalue weighted by molar-refractivity contribution is 5.14. The van der Waals surface area contributed by atoms with Crippen LogP contribution in [0.15, 0.2) is 30.3 Å². The molecule has 0 bridgehead atoms. The van der Waals surface area contributed by atoms with Crippen LogP contribution in [0.3, 0.4) is 0 Å². The van der Waals surface area contributed by atoms with Crippen LogP contribution in [0.4, 0.5) is 0 Å². The van der Waals surface area contributed by atoms with Crippen LogP contribution in [-0.4, -0.2) is 6.17 Å². The summed E-state index contributed by atoms with van der Waals surface area (Å²) in [4.78, 5) is 0. The monoisotopic (exact) mass is 191 g/mol. The van der Waals surface area contributed by atoms with Crippen molar-refractivity contribution in [1.29, 1.82) is 0 Å². The first-order valence-electron chi connectivity index (χ1n) is 5.18. The Labute approximate surface area is 86.7 Å². The maximum absolute atomic E-state index is 3.39. The zero-order valence-corrected chi connectivity index (χ0v) is 8.96. The van der Waals surface area contributed by atoms with E-state index in [4.69, 9.17) is 0 Å². The molecule has 0 aliphatic rings. The average Bonchev–Trinajstić information content (AvgIpc) is 2.25. The zero-order valence-electron chi connectivity index (χ0n) is 8.96. The average molecular weight is 191 g/mol. The molecule has 77 valence electrons. The summed E-state index contributed by atoms with van der Waals surface area (Å²) in [6.07, 6.45) is 1.38. The third kappa shape index (κ3) is 4.40. The molecular formula is C12H19N2. The van der Waals surface area contributed by atoms with Crippen LogP contribution >= 0.6 is 0 Å². The van der Waals surface area contributed by atoms with Crippen molar-refractivity contribution in [3.8, 4) is 0 Å². The van der Waals surface area contributed by atoms with Gasteiger partial charge in [-0.3, -0.25) is 10.6 Å². The summed E-state index contributed by atoms with van der Waals surface area (Å²) in [6, 6.07) is 10.4. The van der Waals surface area contributed by atoms with E-state index in [2.05, 4.69) is 55.3 Å². The van der Waals surface area contributed by atoms with Gasteiger partial charge in [0.2, 0.25) is 0 Å². The van der Waals surface area contributed by atoms with Crippen LogP contribution in [-0.2, 0) is 6.54 Å². The molecule has 2 N–H and O–H groups in total. The van der Waals surface area contributed by atoms with Crippen LogP contribution in [0.2, 0.25) is 0 Å². The van der Waals surface area contributed by atoms with Crippen LogP contribution < -0.4 is 10.6 Å². The SMILES string of the molecule is CC[CH]NC(C)NCc1ccccc1. The molecule has 1 rings (SSSR count). The molecule has 1 atom stereocenters. The first-order chi connectivity index (χ1) is 6.83. The van der Waals surface area contributed by atoms with Crippen LogP contribution in [0.1, 0.15) is 25.8 Å². The third-order valence-corrected chi connectivity index (χ3v) is 2.03. The quantitative estimate of drug-likeness (QED) is 0.674. The van der Waals surface area contributed by atoms with Gasteiger partial charge in [0.05, 0.1) is 6.17 Å². The lowest BCUT2D eigenvalue weighted by Crippen LogP contribution is -2.37. The fourth-order valence-corrected chi connectivity index (χ4v) is 1.22. The van der Waals surface area contributed by atoms with E-state index in [-0.39, 0.29) is 0 Å². The van der Waals surface area contributed by atoms with Crippen molar-refractivity contribution in [2.24, 2.45) is 0 Å². The maximum atomic E-state index is 3.39. The first kappa shape index (κ1) is 11.2. The Kier molecular flexibility index (Phi) is 5.27. The zero-order chi connectivity index (χ0) is 10.2. The van der Waals surface area contributed by atoms with Gasteiger partial charge in [0, 0.05) is 13.1 Å². The van der Waals surface area contributed by atoms with Gasteiger partial charge in [0.1, 0.15) is 0 Å². The van der Waals surface area contributed by atoms with E-state index in [1.165, 1.54) is 5.56 Å². The lowest BCUT2D eigenvalue weighted by atomic mass is 10.2. The molecule has 0 saturated heterocycles. The highest BCUT2D eigenvalue weighted by Crippen LogP contribution is 1.97. The summed E-state index contributed by atoms with van der Waals surface area (Å²) >= 11 is 0. The van der Waals surface area contributed by atoms with Crippen LogP contribution in [0, 0.1) is 6.54 Å². The van der Waals surface area contributed by atoms with Gasteiger partial charge in [0.25, 0.3) is 0 Å². The fraction of sp³-hybridized carbons (Fsp3) is 0.417. The Balaban J connectivity index is 2.20. The molecule has 1 aromatic rings. The van der Waals surface area contributed by atoms with Gasteiger partial charge >= 0.3 is 0 Å². The Morgan fingerprint density at radius 3 is 2.64 bits per heavy atom. The van der Waals surface area contributed by atoms with E-state index in [9.17, 15) is 0 Å². The Morgan fingerprint density at radius 1 is 1.29 bits per heavy atom. The molecule has 1 radical (unpaired) electrons. The molecule has 0 fully saturated rings. The van der Waals surface area contributed by atoms with Gasteiger partial charge in [-0.25, -0.2) is 0 Å². The second-order valence-corrected chi connectivity index (χ2v) is 3.37. The van der Waals surface area contributed by atoms with Crippen molar-refractivity contribution < 1.29 is 0 Å². The number of hydrogen-bond donors (Lipinski definition) is 2. The topological polar surface area (TPSA) is 24.1 Å². The van der Waals surface area contributed by atoms with E-state index < -0.39 is 0 Å². The summed E-state index contributed by atoms with van der Waals surface area (Å²) in [5, 5.41) is 6.66. The highest BCUT2D eigenvalue weighted by Gasteiger charge is 1.98. The van der Waals surface area contributed by atoms with Gasteiger partial charge in [-0.15, -0.1) is 0 Å². The van der Waals surface area contributed by atoms with Gasteiger partial charge in [-0.2, -0.15) is 0 Å². The van der Waals surface area contributed by atoms with Crippen molar-refractivity contribution in [2.45, 2.75) is 33.0 Å². The van der Waals surface area contributed by atoms with Gasteiger partial charge in [-0.1, -0.05) is 37.3 Å². The van der Waals surface area contributed by atoms with Crippen molar-refractivity contribution in [1.82, 2.24) is 10.6 Å². The molecule has 2 nitrogen and oxygen atoms in total. The van der Waals surface area contributed by atoms with Crippen molar-refractivity contribution in [3.05, 3.63) is 42.4 Å². The standard InChI is InChI=1S/C12H19N2/c1-3-9-13-11(2)14-10-12-7-5-4-6-8-12/h4-9,11,13-14H,3,10H2,1-2H3. The van der Waals surface area contributed by atoms with Crippen molar-refractivity contribution >= 4 is 0 Å². The molecule has 1 aromatic carbocycles. The first-order valence-corrected chi connectivity index (χ1v) is 5.18. The Morgan fingerprint density at radius 2 is 2.00 bits per heavy atom.